The Hall–Kier alpha value is -1.31. The summed E-state index contributed by atoms with van der Waals surface area (Å²) in [6.07, 6.45) is 3.99. The average Bonchev–Trinajstić information content (AvgIpc) is 2.27. The maximum atomic E-state index is 10.9. The first-order chi connectivity index (χ1) is 8.11. The number of hydrogen-bond donors (Lipinski definition) is 0. The Morgan fingerprint density at radius 2 is 1.94 bits per heavy atom. The van der Waals surface area contributed by atoms with Crippen LogP contribution in [0.1, 0.15) is 45.6 Å². The van der Waals surface area contributed by atoms with Crippen molar-refractivity contribution in [1.82, 2.24) is 0 Å². The number of ketones is 1. The Kier molecular flexibility index (Phi) is 5.75. The summed E-state index contributed by atoms with van der Waals surface area (Å²) in [5, 5.41) is 0. The van der Waals surface area contributed by atoms with Crippen LogP contribution in [0.2, 0.25) is 0 Å². The summed E-state index contributed by atoms with van der Waals surface area (Å²) >= 11 is 0. The largest absolute Gasteiger partial charge is 0.490 e. The van der Waals surface area contributed by atoms with Crippen LogP contribution >= 0.6 is 0 Å². The Morgan fingerprint density at radius 1 is 1.29 bits per heavy atom. The molecule has 1 rings (SSSR count). The van der Waals surface area contributed by atoms with Crippen molar-refractivity contribution in [2.24, 2.45) is 0 Å². The van der Waals surface area contributed by atoms with E-state index in [1.807, 2.05) is 19.1 Å². The molecule has 0 saturated heterocycles. The summed E-state index contributed by atoms with van der Waals surface area (Å²) in [4.78, 5) is 10.9. The molecule has 0 N–H and O–H groups in total. The summed E-state index contributed by atoms with van der Waals surface area (Å²) in [5.41, 5.74) is 1.35. The Bertz CT molecular complexity index is 340. The van der Waals surface area contributed by atoms with Gasteiger partial charge in [0.2, 0.25) is 0 Å². The lowest BCUT2D eigenvalue weighted by atomic mass is 10.1. The Labute approximate surface area is 104 Å². The fourth-order valence-corrected chi connectivity index (χ4v) is 1.79. The van der Waals surface area contributed by atoms with Crippen molar-refractivity contribution in [3.05, 3.63) is 29.8 Å². The van der Waals surface area contributed by atoms with Gasteiger partial charge in [-0.15, -0.1) is 0 Å². The van der Waals surface area contributed by atoms with Crippen LogP contribution < -0.4 is 4.74 Å². The van der Waals surface area contributed by atoms with Gasteiger partial charge in [-0.25, -0.2) is 0 Å². The van der Waals surface area contributed by atoms with Crippen LogP contribution in [0.3, 0.4) is 0 Å². The van der Waals surface area contributed by atoms with E-state index >= 15 is 0 Å². The van der Waals surface area contributed by atoms with Crippen molar-refractivity contribution in [3.63, 3.8) is 0 Å². The van der Waals surface area contributed by atoms with Gasteiger partial charge in [0, 0.05) is 6.42 Å². The smallest absolute Gasteiger partial charge is 0.133 e. The molecule has 0 bridgehead atoms. The van der Waals surface area contributed by atoms with Crippen molar-refractivity contribution in [1.29, 1.82) is 0 Å². The van der Waals surface area contributed by atoms with E-state index < -0.39 is 0 Å². The molecule has 0 saturated carbocycles. The number of unbranched alkanes of at least 4 members (excludes halogenated alkanes) is 1. The third-order valence-corrected chi connectivity index (χ3v) is 2.65. The van der Waals surface area contributed by atoms with Gasteiger partial charge in [0.05, 0.1) is 0 Å². The SMILES string of the molecule is CCCCc1ccc(OC(C)CC(C)=O)cc1. The van der Waals surface area contributed by atoms with Gasteiger partial charge in [-0.2, -0.15) is 0 Å². The molecule has 0 aromatic heterocycles. The van der Waals surface area contributed by atoms with Gasteiger partial charge in [0.25, 0.3) is 0 Å². The van der Waals surface area contributed by atoms with Crippen molar-refractivity contribution in [2.75, 3.05) is 0 Å². The molecule has 2 heteroatoms. The van der Waals surface area contributed by atoms with Crippen LogP contribution in [0.5, 0.6) is 5.75 Å². The fourth-order valence-electron chi connectivity index (χ4n) is 1.79. The van der Waals surface area contributed by atoms with Gasteiger partial charge < -0.3 is 4.74 Å². The van der Waals surface area contributed by atoms with Crippen LogP contribution in [-0.2, 0) is 11.2 Å². The summed E-state index contributed by atoms with van der Waals surface area (Å²) in [7, 11) is 0. The molecule has 94 valence electrons. The molecule has 0 radical (unpaired) electrons. The number of carbonyl (C=O) groups is 1. The van der Waals surface area contributed by atoms with E-state index in [2.05, 4.69) is 19.1 Å². The molecule has 0 fully saturated rings. The van der Waals surface area contributed by atoms with Crippen LogP contribution in [0.15, 0.2) is 24.3 Å². The molecule has 0 spiro atoms. The van der Waals surface area contributed by atoms with Gasteiger partial charge in [-0.1, -0.05) is 25.5 Å². The lowest BCUT2D eigenvalue weighted by molar-refractivity contribution is -0.118. The minimum atomic E-state index is -0.0472. The minimum absolute atomic E-state index is 0.0472. The molecule has 1 aromatic rings. The number of aryl methyl sites for hydroxylation is 1. The molecule has 1 atom stereocenters. The Morgan fingerprint density at radius 3 is 2.47 bits per heavy atom. The summed E-state index contributed by atoms with van der Waals surface area (Å²) in [5.74, 6) is 1.01. The molecule has 0 aliphatic rings. The normalized spacial score (nSPS) is 12.2. The molecule has 1 aromatic carbocycles. The van der Waals surface area contributed by atoms with Gasteiger partial charge in [0.1, 0.15) is 17.6 Å². The zero-order valence-corrected chi connectivity index (χ0v) is 11.0. The van der Waals surface area contributed by atoms with Gasteiger partial charge in [-0.3, -0.25) is 4.79 Å². The molecular formula is C15H22O2. The first kappa shape index (κ1) is 13.8. The van der Waals surface area contributed by atoms with E-state index in [0.717, 1.165) is 12.2 Å². The van der Waals surface area contributed by atoms with Crippen LogP contribution in [0.25, 0.3) is 0 Å². The number of ether oxygens (including phenoxy) is 1. The van der Waals surface area contributed by atoms with E-state index in [1.165, 1.54) is 18.4 Å². The minimum Gasteiger partial charge on any atom is -0.490 e. The topological polar surface area (TPSA) is 26.3 Å². The average molecular weight is 234 g/mol. The maximum Gasteiger partial charge on any atom is 0.133 e. The van der Waals surface area contributed by atoms with Crippen LogP contribution in [0.4, 0.5) is 0 Å². The maximum absolute atomic E-state index is 10.9. The molecule has 0 aliphatic heterocycles. The van der Waals surface area contributed by atoms with Gasteiger partial charge in [0.15, 0.2) is 0 Å². The Balaban J connectivity index is 2.47. The number of hydrogen-bond acceptors (Lipinski definition) is 2. The molecule has 0 heterocycles. The van der Waals surface area contributed by atoms with E-state index in [9.17, 15) is 4.79 Å². The van der Waals surface area contributed by atoms with Crippen LogP contribution in [0, 0.1) is 0 Å². The molecule has 0 aliphatic carbocycles. The summed E-state index contributed by atoms with van der Waals surface area (Å²) in [6, 6.07) is 8.18. The van der Waals surface area contributed by atoms with Crippen LogP contribution in [-0.4, -0.2) is 11.9 Å². The molecule has 2 nitrogen and oxygen atoms in total. The number of Topliss-reactive ketones (excluding diaryl/α,β-unsaturated/α-hetero) is 1. The predicted molar refractivity (Wildman–Crippen MR) is 70.4 cm³/mol. The molecular weight excluding hydrogens is 212 g/mol. The summed E-state index contributed by atoms with van der Waals surface area (Å²) in [6.45, 7) is 5.71. The number of benzene rings is 1. The van der Waals surface area contributed by atoms with Crippen molar-refractivity contribution >= 4 is 5.78 Å². The molecule has 0 amide bonds. The zero-order chi connectivity index (χ0) is 12.7. The van der Waals surface area contributed by atoms with Gasteiger partial charge in [-0.05, 0) is 44.4 Å². The molecule has 17 heavy (non-hydrogen) atoms. The first-order valence-electron chi connectivity index (χ1n) is 6.37. The van der Waals surface area contributed by atoms with Crippen molar-refractivity contribution < 1.29 is 9.53 Å². The standard InChI is InChI=1S/C15H22O2/c1-4-5-6-14-7-9-15(10-8-14)17-13(3)11-12(2)16/h7-10,13H,4-6,11H2,1-3H3. The second-order valence-corrected chi connectivity index (χ2v) is 4.58. The van der Waals surface area contributed by atoms with E-state index in [1.54, 1.807) is 6.92 Å². The van der Waals surface area contributed by atoms with E-state index in [-0.39, 0.29) is 11.9 Å². The van der Waals surface area contributed by atoms with Crippen molar-refractivity contribution in [2.45, 2.75) is 52.6 Å². The highest BCUT2D eigenvalue weighted by molar-refractivity contribution is 5.75. The molecule has 1 unspecified atom stereocenters. The highest BCUT2D eigenvalue weighted by Crippen LogP contribution is 2.16. The van der Waals surface area contributed by atoms with E-state index in [0.29, 0.717) is 6.42 Å². The second kappa shape index (κ2) is 7.10. The third kappa shape index (κ3) is 5.53. The summed E-state index contributed by atoms with van der Waals surface area (Å²) < 4.78 is 5.66. The number of carbonyl (C=O) groups excluding carboxylic acids is 1. The lowest BCUT2D eigenvalue weighted by Crippen LogP contribution is -2.15. The predicted octanol–water partition coefficient (Wildman–Crippen LogP) is 3.78. The quantitative estimate of drug-likeness (QED) is 0.717. The third-order valence-electron chi connectivity index (χ3n) is 2.65. The van der Waals surface area contributed by atoms with Crippen molar-refractivity contribution in [3.8, 4) is 5.75 Å². The first-order valence-corrected chi connectivity index (χ1v) is 6.37. The fraction of sp³-hybridized carbons (Fsp3) is 0.533. The number of rotatable bonds is 7. The van der Waals surface area contributed by atoms with E-state index in [4.69, 9.17) is 4.74 Å². The second-order valence-electron chi connectivity index (χ2n) is 4.58. The zero-order valence-electron chi connectivity index (χ0n) is 11.0. The highest BCUT2D eigenvalue weighted by Gasteiger charge is 2.06. The lowest BCUT2D eigenvalue weighted by Gasteiger charge is -2.13. The highest BCUT2D eigenvalue weighted by atomic mass is 16.5. The monoisotopic (exact) mass is 234 g/mol. The van der Waals surface area contributed by atoms with Gasteiger partial charge >= 0.3 is 0 Å².